The van der Waals surface area contributed by atoms with Gasteiger partial charge in [-0.05, 0) is 46.6 Å². The Morgan fingerprint density at radius 1 is 1.25 bits per heavy atom. The lowest BCUT2D eigenvalue weighted by Gasteiger charge is -2.22. The van der Waals surface area contributed by atoms with Crippen LogP contribution in [0.4, 0.5) is 0 Å². The number of rotatable bonds is 9. The van der Waals surface area contributed by atoms with Crippen molar-refractivity contribution >= 4 is 5.91 Å². The van der Waals surface area contributed by atoms with E-state index in [4.69, 9.17) is 11.5 Å². The maximum absolute atomic E-state index is 10.8. The summed E-state index contributed by atoms with van der Waals surface area (Å²) >= 11 is 0. The molecule has 96 valence electrons. The zero-order chi connectivity index (χ0) is 12.6. The van der Waals surface area contributed by atoms with Gasteiger partial charge in [-0.1, -0.05) is 6.92 Å². The molecule has 0 heterocycles. The zero-order valence-electron chi connectivity index (χ0n) is 10.8. The molecular formula is C11H26N4O. The Labute approximate surface area is 98.7 Å². The van der Waals surface area contributed by atoms with E-state index in [1.165, 1.54) is 0 Å². The van der Waals surface area contributed by atoms with Gasteiger partial charge in [0.1, 0.15) is 0 Å². The fraction of sp³-hybridized carbons (Fsp3) is 0.909. The molecule has 1 amide bonds. The summed E-state index contributed by atoms with van der Waals surface area (Å²) in [5, 5.41) is 0. The number of nitrogens with two attached hydrogens (primary N) is 2. The third-order valence-corrected chi connectivity index (χ3v) is 2.65. The number of carbonyl (C=O) groups is 1. The Bertz CT molecular complexity index is 196. The highest BCUT2D eigenvalue weighted by Crippen LogP contribution is 1.97. The summed E-state index contributed by atoms with van der Waals surface area (Å²) in [4.78, 5) is 15.2. The van der Waals surface area contributed by atoms with E-state index in [2.05, 4.69) is 30.8 Å². The van der Waals surface area contributed by atoms with Crippen LogP contribution < -0.4 is 11.5 Å². The van der Waals surface area contributed by atoms with Crippen molar-refractivity contribution in [2.75, 3.05) is 40.3 Å². The number of hydrogen-bond acceptors (Lipinski definition) is 4. The van der Waals surface area contributed by atoms with Crippen LogP contribution in [-0.2, 0) is 4.79 Å². The van der Waals surface area contributed by atoms with E-state index in [1.54, 1.807) is 0 Å². The Morgan fingerprint density at radius 2 is 1.88 bits per heavy atom. The maximum Gasteiger partial charge on any atom is 0.234 e. The van der Waals surface area contributed by atoms with Gasteiger partial charge in [0, 0.05) is 6.54 Å². The average molecular weight is 230 g/mol. The number of amides is 1. The van der Waals surface area contributed by atoms with Gasteiger partial charge in [0.2, 0.25) is 5.91 Å². The minimum atomic E-state index is -0.511. The molecule has 5 nitrogen and oxygen atoms in total. The molecule has 0 aliphatic rings. The molecule has 0 bridgehead atoms. The second-order valence-electron chi connectivity index (χ2n) is 4.39. The van der Waals surface area contributed by atoms with Crippen LogP contribution in [0.25, 0.3) is 0 Å². The molecule has 0 rings (SSSR count). The predicted octanol–water partition coefficient (Wildman–Crippen LogP) is -0.537. The van der Waals surface area contributed by atoms with Crippen molar-refractivity contribution in [1.29, 1.82) is 0 Å². The van der Waals surface area contributed by atoms with Crippen molar-refractivity contribution < 1.29 is 4.79 Å². The van der Waals surface area contributed by atoms with E-state index in [0.717, 1.165) is 32.6 Å². The Hall–Kier alpha value is -0.650. The second kappa shape index (κ2) is 8.50. The Kier molecular flexibility index (Phi) is 8.15. The van der Waals surface area contributed by atoms with Gasteiger partial charge >= 0.3 is 0 Å². The molecule has 0 aromatic heterocycles. The summed E-state index contributed by atoms with van der Waals surface area (Å²) in [5.41, 5.74) is 10.7. The summed E-state index contributed by atoms with van der Waals surface area (Å²) in [6.45, 7) is 6.07. The molecule has 0 aliphatic heterocycles. The fourth-order valence-corrected chi connectivity index (χ4v) is 1.50. The molecule has 4 N–H and O–H groups in total. The van der Waals surface area contributed by atoms with Gasteiger partial charge in [0.25, 0.3) is 0 Å². The van der Waals surface area contributed by atoms with Crippen LogP contribution in [0.2, 0.25) is 0 Å². The highest BCUT2D eigenvalue weighted by molar-refractivity contribution is 5.79. The highest BCUT2D eigenvalue weighted by Gasteiger charge is 2.11. The van der Waals surface area contributed by atoms with Gasteiger partial charge in [0.05, 0.1) is 6.04 Å². The van der Waals surface area contributed by atoms with Crippen LogP contribution in [0, 0.1) is 0 Å². The van der Waals surface area contributed by atoms with Crippen molar-refractivity contribution in [3.8, 4) is 0 Å². The van der Waals surface area contributed by atoms with E-state index < -0.39 is 11.9 Å². The molecule has 0 aromatic rings. The van der Waals surface area contributed by atoms with E-state index in [1.807, 2.05) is 0 Å². The molecule has 1 atom stereocenters. The summed E-state index contributed by atoms with van der Waals surface area (Å²) < 4.78 is 0. The summed E-state index contributed by atoms with van der Waals surface area (Å²) in [5.74, 6) is -0.413. The van der Waals surface area contributed by atoms with Crippen molar-refractivity contribution in [3.63, 3.8) is 0 Å². The molecular weight excluding hydrogens is 204 g/mol. The van der Waals surface area contributed by atoms with Gasteiger partial charge in [-0.3, -0.25) is 4.79 Å². The number of carbonyl (C=O) groups excluding carboxylic acids is 1. The smallest absolute Gasteiger partial charge is 0.234 e. The lowest BCUT2D eigenvalue weighted by Crippen LogP contribution is -2.40. The molecule has 5 heteroatoms. The van der Waals surface area contributed by atoms with Crippen LogP contribution in [-0.4, -0.2) is 62.0 Å². The zero-order valence-corrected chi connectivity index (χ0v) is 10.8. The normalized spacial score (nSPS) is 13.4. The van der Waals surface area contributed by atoms with E-state index in [-0.39, 0.29) is 0 Å². The van der Waals surface area contributed by atoms with Gasteiger partial charge in [-0.25, -0.2) is 0 Å². The monoisotopic (exact) mass is 230 g/mol. The van der Waals surface area contributed by atoms with Crippen LogP contribution in [0.5, 0.6) is 0 Å². The van der Waals surface area contributed by atoms with Gasteiger partial charge in [-0.15, -0.1) is 0 Å². The summed E-state index contributed by atoms with van der Waals surface area (Å²) in [6, 6.07) is -0.511. The van der Waals surface area contributed by atoms with E-state index in [0.29, 0.717) is 6.42 Å². The lowest BCUT2D eigenvalue weighted by molar-refractivity contribution is -0.119. The minimum Gasteiger partial charge on any atom is -0.368 e. The number of nitrogens with zero attached hydrogens (tertiary/aromatic N) is 2. The predicted molar refractivity (Wildman–Crippen MR) is 67.1 cm³/mol. The number of primary amides is 1. The first kappa shape index (κ1) is 15.3. The third-order valence-electron chi connectivity index (χ3n) is 2.65. The molecule has 0 aromatic carbocycles. The topological polar surface area (TPSA) is 75.6 Å². The van der Waals surface area contributed by atoms with Gasteiger partial charge in [-0.2, -0.15) is 0 Å². The quantitative estimate of drug-likeness (QED) is 0.558. The van der Waals surface area contributed by atoms with Crippen LogP contribution in [0.3, 0.4) is 0 Å². The molecule has 0 saturated carbocycles. The second-order valence-corrected chi connectivity index (χ2v) is 4.39. The molecule has 16 heavy (non-hydrogen) atoms. The van der Waals surface area contributed by atoms with E-state index in [9.17, 15) is 4.79 Å². The SMILES string of the molecule is CCN(CCCN(C)C)CCC(N)C(N)=O. The highest BCUT2D eigenvalue weighted by atomic mass is 16.1. The first-order chi connectivity index (χ1) is 7.47. The molecule has 0 aliphatic carbocycles. The summed E-state index contributed by atoms with van der Waals surface area (Å²) in [6.07, 6.45) is 1.78. The maximum atomic E-state index is 10.8. The molecule has 0 radical (unpaired) electrons. The largest absolute Gasteiger partial charge is 0.368 e. The average Bonchev–Trinajstić information content (AvgIpc) is 2.21. The number of hydrogen-bond donors (Lipinski definition) is 2. The standard InChI is InChI=1S/C11H26N4O/c1-4-15(8-5-7-14(2)3)9-6-10(12)11(13)16/h10H,4-9,12H2,1-3H3,(H2,13,16). The van der Waals surface area contributed by atoms with Crippen molar-refractivity contribution in [1.82, 2.24) is 9.80 Å². The van der Waals surface area contributed by atoms with Crippen LogP contribution in [0.1, 0.15) is 19.8 Å². The minimum absolute atomic E-state index is 0.413. The fourth-order valence-electron chi connectivity index (χ4n) is 1.50. The first-order valence-corrected chi connectivity index (χ1v) is 5.89. The van der Waals surface area contributed by atoms with Crippen LogP contribution >= 0.6 is 0 Å². The molecule has 1 unspecified atom stereocenters. The van der Waals surface area contributed by atoms with Crippen molar-refractivity contribution in [2.45, 2.75) is 25.8 Å². The first-order valence-electron chi connectivity index (χ1n) is 5.89. The Morgan fingerprint density at radius 3 is 2.31 bits per heavy atom. The summed E-state index contributed by atoms with van der Waals surface area (Å²) in [7, 11) is 4.14. The van der Waals surface area contributed by atoms with Crippen molar-refractivity contribution in [3.05, 3.63) is 0 Å². The van der Waals surface area contributed by atoms with Gasteiger partial charge in [0.15, 0.2) is 0 Å². The lowest BCUT2D eigenvalue weighted by atomic mass is 10.2. The molecule has 0 spiro atoms. The van der Waals surface area contributed by atoms with Gasteiger partial charge < -0.3 is 21.3 Å². The molecule has 0 saturated heterocycles. The molecule has 0 fully saturated rings. The van der Waals surface area contributed by atoms with E-state index >= 15 is 0 Å². The Balaban J connectivity index is 3.70. The third kappa shape index (κ3) is 7.62. The van der Waals surface area contributed by atoms with Crippen LogP contribution in [0.15, 0.2) is 0 Å². The van der Waals surface area contributed by atoms with Crippen molar-refractivity contribution in [2.24, 2.45) is 11.5 Å².